The molecule has 1 aromatic heterocycles. The van der Waals surface area contributed by atoms with Crippen LogP contribution >= 0.6 is 12.2 Å². The zero-order chi connectivity index (χ0) is 23.1. The van der Waals surface area contributed by atoms with E-state index in [1.54, 1.807) is 11.7 Å². The smallest absolute Gasteiger partial charge is 0.260 e. The number of aromatic amines is 1. The Morgan fingerprint density at radius 1 is 1.24 bits per heavy atom. The second-order valence-electron chi connectivity index (χ2n) is 8.23. The van der Waals surface area contributed by atoms with Crippen molar-refractivity contribution in [2.45, 2.75) is 25.4 Å². The highest BCUT2D eigenvalue weighted by Gasteiger charge is 2.38. The van der Waals surface area contributed by atoms with Gasteiger partial charge in [-0.05, 0) is 49.3 Å². The van der Waals surface area contributed by atoms with Gasteiger partial charge >= 0.3 is 0 Å². The summed E-state index contributed by atoms with van der Waals surface area (Å²) in [5.74, 6) is 1.54. The number of benzene rings is 2. The Labute approximate surface area is 196 Å². The molecule has 0 aliphatic carbocycles. The number of H-pyrrole nitrogens is 1. The Bertz CT molecular complexity index is 1320. The first-order valence-electron chi connectivity index (χ1n) is 10.8. The molecule has 0 radical (unpaired) electrons. The third-order valence-electron chi connectivity index (χ3n) is 6.34. The highest BCUT2D eigenvalue weighted by Crippen LogP contribution is 2.51. The summed E-state index contributed by atoms with van der Waals surface area (Å²) >= 11 is 5.40. The molecule has 0 amide bonds. The maximum Gasteiger partial charge on any atom is 0.260 e. The summed E-state index contributed by atoms with van der Waals surface area (Å²) in [6, 6.07) is 11.3. The number of likely N-dealkylation sites (N-methyl/N-ethyl adjacent to an activating group) is 1. The summed E-state index contributed by atoms with van der Waals surface area (Å²) in [5, 5.41) is 11.3. The average molecular weight is 468 g/mol. The summed E-state index contributed by atoms with van der Waals surface area (Å²) in [6.07, 6.45) is 1.41. The largest absolute Gasteiger partial charge is 0.494 e. The van der Waals surface area contributed by atoms with Crippen molar-refractivity contribution < 1.29 is 19.3 Å². The standard InChI is InChI=1S/C24H25N3O5S/c1-26-10-9-15-12-16-20(32-13-31-16)21(30-2)17(15)19(26)18-22(28)25-24(33)27(23(18)29)11-8-14-6-4-3-5-7-14/h3-7,12,19,29H,8-11,13H2,1-2H3,(H,25,28,33). The Hall–Kier alpha value is -3.30. The number of nitrogens with zero attached hydrogens (tertiary/aromatic N) is 2. The van der Waals surface area contributed by atoms with Crippen LogP contribution < -0.4 is 19.8 Å². The molecule has 0 saturated heterocycles. The van der Waals surface area contributed by atoms with Crippen LogP contribution in [0.1, 0.15) is 28.3 Å². The number of methoxy groups -OCH3 is 1. The van der Waals surface area contributed by atoms with E-state index in [9.17, 15) is 9.90 Å². The van der Waals surface area contributed by atoms with Gasteiger partial charge in [-0.1, -0.05) is 30.3 Å². The Kier molecular flexibility index (Phi) is 5.59. The molecule has 33 heavy (non-hydrogen) atoms. The van der Waals surface area contributed by atoms with Crippen LogP contribution in [0.2, 0.25) is 0 Å². The summed E-state index contributed by atoms with van der Waals surface area (Å²) in [6.45, 7) is 1.24. The monoisotopic (exact) mass is 467 g/mol. The second-order valence-corrected chi connectivity index (χ2v) is 8.62. The topological polar surface area (TPSA) is 89.0 Å². The molecule has 3 heterocycles. The van der Waals surface area contributed by atoms with E-state index in [1.165, 1.54) is 0 Å². The molecule has 1 atom stereocenters. The molecular weight excluding hydrogens is 442 g/mol. The molecule has 0 saturated carbocycles. The molecule has 8 nitrogen and oxygen atoms in total. The van der Waals surface area contributed by atoms with E-state index in [4.69, 9.17) is 26.4 Å². The molecule has 0 spiro atoms. The van der Waals surface area contributed by atoms with Crippen molar-refractivity contribution in [1.29, 1.82) is 0 Å². The van der Waals surface area contributed by atoms with Crippen molar-refractivity contribution in [3.05, 3.63) is 73.8 Å². The number of hydrogen-bond donors (Lipinski definition) is 2. The number of aromatic hydroxyl groups is 1. The van der Waals surface area contributed by atoms with Gasteiger partial charge in [-0.2, -0.15) is 0 Å². The van der Waals surface area contributed by atoms with Gasteiger partial charge in [0.15, 0.2) is 16.3 Å². The van der Waals surface area contributed by atoms with Crippen molar-refractivity contribution in [3.63, 3.8) is 0 Å². The average Bonchev–Trinajstić information content (AvgIpc) is 3.27. The molecule has 2 aliphatic heterocycles. The van der Waals surface area contributed by atoms with Gasteiger partial charge in [-0.15, -0.1) is 0 Å². The molecule has 1 unspecified atom stereocenters. The summed E-state index contributed by atoms with van der Waals surface area (Å²) in [4.78, 5) is 17.9. The van der Waals surface area contributed by atoms with E-state index in [-0.39, 0.29) is 23.0 Å². The van der Waals surface area contributed by atoms with E-state index < -0.39 is 11.6 Å². The molecule has 0 fully saturated rings. The maximum atomic E-state index is 13.2. The van der Waals surface area contributed by atoms with E-state index in [2.05, 4.69) is 4.98 Å². The van der Waals surface area contributed by atoms with Gasteiger partial charge in [-0.3, -0.25) is 19.2 Å². The minimum Gasteiger partial charge on any atom is -0.494 e. The van der Waals surface area contributed by atoms with Gasteiger partial charge in [-0.25, -0.2) is 0 Å². The van der Waals surface area contributed by atoms with Gasteiger partial charge in [0.05, 0.1) is 18.7 Å². The van der Waals surface area contributed by atoms with Crippen molar-refractivity contribution in [2.24, 2.45) is 0 Å². The highest BCUT2D eigenvalue weighted by atomic mass is 32.1. The first-order chi connectivity index (χ1) is 16.0. The van der Waals surface area contributed by atoms with E-state index in [0.29, 0.717) is 36.8 Å². The molecule has 2 N–H and O–H groups in total. The van der Waals surface area contributed by atoms with Crippen molar-refractivity contribution in [3.8, 4) is 23.1 Å². The highest BCUT2D eigenvalue weighted by molar-refractivity contribution is 7.71. The van der Waals surface area contributed by atoms with Gasteiger partial charge in [0.25, 0.3) is 5.56 Å². The quantitative estimate of drug-likeness (QED) is 0.557. The zero-order valence-corrected chi connectivity index (χ0v) is 19.3. The zero-order valence-electron chi connectivity index (χ0n) is 18.5. The summed E-state index contributed by atoms with van der Waals surface area (Å²) in [5.41, 5.74) is 2.72. The number of ether oxygens (including phenoxy) is 3. The van der Waals surface area contributed by atoms with E-state index in [1.807, 2.05) is 48.3 Å². The number of hydrogen-bond acceptors (Lipinski definition) is 7. The predicted octanol–water partition coefficient (Wildman–Crippen LogP) is 3.17. The Morgan fingerprint density at radius 3 is 2.79 bits per heavy atom. The Morgan fingerprint density at radius 2 is 2.03 bits per heavy atom. The number of fused-ring (bicyclic) bond motifs is 2. The third kappa shape index (κ3) is 3.67. The molecule has 2 aromatic carbocycles. The van der Waals surface area contributed by atoms with Crippen LogP contribution in [-0.4, -0.2) is 47.1 Å². The van der Waals surface area contributed by atoms with Gasteiger partial charge in [0.1, 0.15) is 0 Å². The lowest BCUT2D eigenvalue weighted by Gasteiger charge is -2.36. The molecule has 3 aromatic rings. The maximum absolute atomic E-state index is 13.2. The minimum atomic E-state index is -0.541. The minimum absolute atomic E-state index is 0.116. The van der Waals surface area contributed by atoms with E-state index >= 15 is 0 Å². The lowest BCUT2D eigenvalue weighted by atomic mass is 9.87. The van der Waals surface area contributed by atoms with E-state index in [0.717, 1.165) is 23.1 Å². The lowest BCUT2D eigenvalue weighted by Crippen LogP contribution is -2.37. The molecule has 0 bridgehead atoms. The van der Waals surface area contributed by atoms with Crippen molar-refractivity contribution >= 4 is 12.2 Å². The molecule has 172 valence electrons. The Balaban J connectivity index is 1.64. The van der Waals surface area contributed by atoms with Crippen LogP contribution in [-0.2, 0) is 19.4 Å². The van der Waals surface area contributed by atoms with Crippen LogP contribution in [0.25, 0.3) is 0 Å². The van der Waals surface area contributed by atoms with Crippen LogP contribution in [0, 0.1) is 4.77 Å². The molecular formula is C24H25N3O5S. The van der Waals surface area contributed by atoms with Gasteiger partial charge < -0.3 is 19.3 Å². The van der Waals surface area contributed by atoms with Gasteiger partial charge in [0, 0.05) is 18.7 Å². The fourth-order valence-corrected chi connectivity index (χ4v) is 4.98. The second kappa shape index (κ2) is 8.57. The summed E-state index contributed by atoms with van der Waals surface area (Å²) < 4.78 is 18.8. The first-order valence-corrected chi connectivity index (χ1v) is 11.2. The number of nitrogens with one attached hydrogen (secondary N) is 1. The predicted molar refractivity (Wildman–Crippen MR) is 125 cm³/mol. The molecule has 5 rings (SSSR count). The van der Waals surface area contributed by atoms with Gasteiger partial charge in [0.2, 0.25) is 18.4 Å². The SMILES string of the molecule is COc1c2c(cc3c1C(c1c(O)n(CCc4ccccc4)c(=S)[nH]c1=O)N(C)CC3)OCO2. The van der Waals surface area contributed by atoms with Crippen molar-refractivity contribution in [2.75, 3.05) is 27.5 Å². The summed E-state index contributed by atoms with van der Waals surface area (Å²) in [7, 11) is 3.49. The fraction of sp³-hybridized carbons (Fsp3) is 0.333. The molecule has 2 aliphatic rings. The first kappa shape index (κ1) is 21.5. The third-order valence-corrected chi connectivity index (χ3v) is 6.67. The number of rotatable bonds is 5. The van der Waals surface area contributed by atoms with Crippen molar-refractivity contribution in [1.82, 2.24) is 14.5 Å². The lowest BCUT2D eigenvalue weighted by molar-refractivity contribution is 0.170. The van der Waals surface area contributed by atoms with Crippen LogP contribution in [0.15, 0.2) is 41.2 Å². The normalized spacial score (nSPS) is 17.1. The molecule has 9 heteroatoms. The fourth-order valence-electron chi connectivity index (χ4n) is 4.71. The number of aromatic nitrogens is 2. The van der Waals surface area contributed by atoms with Crippen LogP contribution in [0.5, 0.6) is 23.1 Å². The van der Waals surface area contributed by atoms with Crippen LogP contribution in [0.3, 0.4) is 0 Å². The number of aryl methyl sites for hydroxylation is 1. The van der Waals surface area contributed by atoms with Crippen LogP contribution in [0.4, 0.5) is 0 Å².